The highest BCUT2D eigenvalue weighted by atomic mass is 35.5. The molecule has 38 heavy (non-hydrogen) atoms. The van der Waals surface area contributed by atoms with Gasteiger partial charge >= 0.3 is 0 Å². The standard InChI is InChI=1S/C30H37ClN4O3/c1-21-6-7-25(18-22(21)2)27-19-28(23-8-10-26(31)11-9-23)35(32-27)29(36)20-34(30(37)24-4-3-5-24)13-12-33-14-16-38-17-15-33/h6-11,18,24,28H,3-5,12-17,19-20H2,1-2H3. The number of halogens is 1. The number of hydrogen-bond donors (Lipinski definition) is 0. The summed E-state index contributed by atoms with van der Waals surface area (Å²) in [5.41, 5.74) is 5.30. The number of morpholine rings is 1. The van der Waals surface area contributed by atoms with Crippen LogP contribution in [0.1, 0.15) is 54.0 Å². The first kappa shape index (κ1) is 26.9. The average molecular weight is 537 g/mol. The Morgan fingerprint density at radius 1 is 1.05 bits per heavy atom. The van der Waals surface area contributed by atoms with Gasteiger partial charge in [-0.05, 0) is 67.1 Å². The zero-order valence-corrected chi connectivity index (χ0v) is 23.1. The second-order valence-electron chi connectivity index (χ2n) is 10.7. The van der Waals surface area contributed by atoms with E-state index in [0.29, 0.717) is 31.2 Å². The van der Waals surface area contributed by atoms with Gasteiger partial charge in [-0.25, -0.2) is 5.01 Å². The highest BCUT2D eigenvalue weighted by Gasteiger charge is 2.36. The van der Waals surface area contributed by atoms with Gasteiger partial charge in [-0.2, -0.15) is 5.10 Å². The fourth-order valence-corrected chi connectivity index (χ4v) is 5.41. The highest BCUT2D eigenvalue weighted by molar-refractivity contribution is 6.30. The predicted octanol–water partition coefficient (Wildman–Crippen LogP) is 4.60. The van der Waals surface area contributed by atoms with Crippen molar-refractivity contribution in [2.75, 3.05) is 45.9 Å². The maximum absolute atomic E-state index is 13.9. The molecule has 0 spiro atoms. The Hall–Kier alpha value is -2.74. The van der Waals surface area contributed by atoms with E-state index in [1.807, 2.05) is 24.3 Å². The molecule has 2 heterocycles. The molecule has 8 heteroatoms. The molecule has 2 aliphatic heterocycles. The molecule has 3 aliphatic rings. The topological polar surface area (TPSA) is 65.5 Å². The van der Waals surface area contributed by atoms with E-state index < -0.39 is 0 Å². The molecule has 1 saturated carbocycles. The molecule has 0 aromatic heterocycles. The lowest BCUT2D eigenvalue weighted by molar-refractivity contribution is -0.145. The number of aryl methyl sites for hydroxylation is 2. The summed E-state index contributed by atoms with van der Waals surface area (Å²) in [5, 5.41) is 7.11. The lowest BCUT2D eigenvalue weighted by Gasteiger charge is -2.34. The van der Waals surface area contributed by atoms with Crippen molar-refractivity contribution in [2.45, 2.75) is 45.6 Å². The summed E-state index contributed by atoms with van der Waals surface area (Å²) in [6, 6.07) is 13.7. The van der Waals surface area contributed by atoms with Gasteiger partial charge < -0.3 is 9.64 Å². The number of hydrazone groups is 1. The van der Waals surface area contributed by atoms with Crippen molar-refractivity contribution in [2.24, 2.45) is 11.0 Å². The Kier molecular flexibility index (Phi) is 8.46. The average Bonchev–Trinajstić information content (AvgIpc) is 3.34. The Bertz CT molecular complexity index is 1190. The van der Waals surface area contributed by atoms with Gasteiger partial charge in [0.25, 0.3) is 5.91 Å². The first-order valence-corrected chi connectivity index (χ1v) is 14.1. The third-order valence-electron chi connectivity index (χ3n) is 8.14. The summed E-state index contributed by atoms with van der Waals surface area (Å²) in [5.74, 6) is -0.0235. The zero-order valence-electron chi connectivity index (χ0n) is 22.4. The van der Waals surface area contributed by atoms with Gasteiger partial charge in [0, 0.05) is 43.5 Å². The number of carbonyl (C=O) groups is 2. The molecule has 1 saturated heterocycles. The Morgan fingerprint density at radius 2 is 1.79 bits per heavy atom. The van der Waals surface area contributed by atoms with Crippen molar-refractivity contribution in [3.63, 3.8) is 0 Å². The van der Waals surface area contributed by atoms with E-state index in [0.717, 1.165) is 55.7 Å². The Balaban J connectivity index is 1.38. The van der Waals surface area contributed by atoms with Gasteiger partial charge in [0.05, 0.1) is 25.0 Å². The van der Waals surface area contributed by atoms with Crippen molar-refractivity contribution in [3.8, 4) is 0 Å². The fraction of sp³-hybridized carbons (Fsp3) is 0.500. The van der Waals surface area contributed by atoms with Crippen LogP contribution >= 0.6 is 11.6 Å². The van der Waals surface area contributed by atoms with E-state index in [1.165, 1.54) is 11.1 Å². The van der Waals surface area contributed by atoms with E-state index in [2.05, 4.69) is 36.9 Å². The van der Waals surface area contributed by atoms with Crippen LogP contribution in [0.15, 0.2) is 47.6 Å². The molecule has 0 N–H and O–H groups in total. The summed E-state index contributed by atoms with van der Waals surface area (Å²) in [4.78, 5) is 31.3. The number of rotatable bonds is 8. The predicted molar refractivity (Wildman–Crippen MR) is 149 cm³/mol. The van der Waals surface area contributed by atoms with E-state index in [4.69, 9.17) is 21.4 Å². The second-order valence-corrected chi connectivity index (χ2v) is 11.1. The molecule has 7 nitrogen and oxygen atoms in total. The van der Waals surface area contributed by atoms with Gasteiger partial charge in [-0.15, -0.1) is 0 Å². The smallest absolute Gasteiger partial charge is 0.262 e. The summed E-state index contributed by atoms with van der Waals surface area (Å²) < 4.78 is 5.47. The van der Waals surface area contributed by atoms with Gasteiger partial charge in [0.1, 0.15) is 6.54 Å². The van der Waals surface area contributed by atoms with Gasteiger partial charge in [0.2, 0.25) is 5.91 Å². The van der Waals surface area contributed by atoms with Crippen molar-refractivity contribution >= 4 is 29.1 Å². The quantitative estimate of drug-likeness (QED) is 0.495. The minimum atomic E-state index is -0.240. The van der Waals surface area contributed by atoms with Crippen molar-refractivity contribution in [3.05, 3.63) is 69.7 Å². The van der Waals surface area contributed by atoms with Crippen LogP contribution in [0.5, 0.6) is 0 Å². The molecule has 1 atom stereocenters. The molecule has 202 valence electrons. The molecular weight excluding hydrogens is 500 g/mol. The maximum atomic E-state index is 13.9. The van der Waals surface area contributed by atoms with Crippen molar-refractivity contribution in [1.82, 2.24) is 14.8 Å². The maximum Gasteiger partial charge on any atom is 0.262 e. The van der Waals surface area contributed by atoms with Gasteiger partial charge in [-0.1, -0.05) is 42.3 Å². The van der Waals surface area contributed by atoms with Crippen LogP contribution in [-0.4, -0.2) is 78.3 Å². The molecule has 0 bridgehead atoms. The van der Waals surface area contributed by atoms with Gasteiger partial charge in [0.15, 0.2) is 0 Å². The van der Waals surface area contributed by atoms with Crippen LogP contribution in [0.2, 0.25) is 5.02 Å². The lowest BCUT2D eigenvalue weighted by Crippen LogP contribution is -2.49. The second kappa shape index (κ2) is 12.0. The molecule has 2 aromatic rings. The fourth-order valence-electron chi connectivity index (χ4n) is 5.28. The van der Waals surface area contributed by atoms with Crippen LogP contribution in [0.4, 0.5) is 0 Å². The lowest BCUT2D eigenvalue weighted by atomic mass is 9.84. The Morgan fingerprint density at radius 3 is 2.45 bits per heavy atom. The first-order valence-electron chi connectivity index (χ1n) is 13.7. The van der Waals surface area contributed by atoms with Crippen LogP contribution < -0.4 is 0 Å². The van der Waals surface area contributed by atoms with E-state index in [-0.39, 0.29) is 30.3 Å². The zero-order chi connectivity index (χ0) is 26.6. The van der Waals surface area contributed by atoms with Crippen molar-refractivity contribution < 1.29 is 14.3 Å². The molecule has 0 radical (unpaired) electrons. The molecule has 2 amide bonds. The number of benzene rings is 2. The molecule has 1 unspecified atom stereocenters. The number of nitrogens with zero attached hydrogens (tertiary/aromatic N) is 4. The summed E-state index contributed by atoms with van der Waals surface area (Å²) >= 11 is 6.16. The number of ether oxygens (including phenoxy) is 1. The first-order chi connectivity index (χ1) is 18.4. The third kappa shape index (κ3) is 6.11. The Labute approximate surface area is 230 Å². The number of carbonyl (C=O) groups excluding carboxylic acids is 2. The van der Waals surface area contributed by atoms with Crippen molar-refractivity contribution in [1.29, 1.82) is 0 Å². The van der Waals surface area contributed by atoms with E-state index in [9.17, 15) is 9.59 Å². The molecule has 2 aromatic carbocycles. The largest absolute Gasteiger partial charge is 0.379 e. The molecule has 5 rings (SSSR count). The normalized spacial score (nSPS) is 20.2. The van der Waals surface area contributed by atoms with Crippen LogP contribution in [0.3, 0.4) is 0 Å². The van der Waals surface area contributed by atoms with E-state index in [1.54, 1.807) is 9.91 Å². The van der Waals surface area contributed by atoms with Crippen LogP contribution in [0, 0.1) is 19.8 Å². The minimum absolute atomic E-state index is 0.0349. The summed E-state index contributed by atoms with van der Waals surface area (Å²) in [7, 11) is 0. The molecule has 2 fully saturated rings. The van der Waals surface area contributed by atoms with Crippen LogP contribution in [-0.2, 0) is 14.3 Å². The monoisotopic (exact) mass is 536 g/mol. The third-order valence-corrected chi connectivity index (χ3v) is 8.39. The minimum Gasteiger partial charge on any atom is -0.379 e. The molecule has 1 aliphatic carbocycles. The highest BCUT2D eigenvalue weighted by Crippen LogP contribution is 2.34. The van der Waals surface area contributed by atoms with Gasteiger partial charge in [-0.3, -0.25) is 14.5 Å². The number of amides is 2. The SMILES string of the molecule is Cc1ccc(C2=NN(C(=O)CN(CCN3CCOCC3)C(=O)C3CCC3)C(c3ccc(Cl)cc3)C2)cc1C. The van der Waals surface area contributed by atoms with E-state index >= 15 is 0 Å². The summed E-state index contributed by atoms with van der Waals surface area (Å²) in [6.07, 6.45) is 3.51. The summed E-state index contributed by atoms with van der Waals surface area (Å²) in [6.45, 7) is 8.62. The van der Waals surface area contributed by atoms with Crippen LogP contribution in [0.25, 0.3) is 0 Å². The molecular formula is C30H37ClN4O3. The number of hydrogen-bond acceptors (Lipinski definition) is 5.